The van der Waals surface area contributed by atoms with Gasteiger partial charge in [0, 0.05) is 79.8 Å². The second kappa shape index (κ2) is 19.6. The third-order valence-corrected chi connectivity index (χ3v) is 14.7. The van der Waals surface area contributed by atoms with E-state index >= 15 is 0 Å². The normalized spacial score (nSPS) is 21.1. The second-order valence-electron chi connectivity index (χ2n) is 16.1. The van der Waals surface area contributed by atoms with E-state index in [-0.39, 0.29) is 51.6 Å². The monoisotopic (exact) mass is 896 g/mol. The molecule has 0 bridgehead atoms. The molecule has 4 aromatic rings. The number of sulfonamides is 2. The first-order chi connectivity index (χ1) is 29.0. The highest BCUT2D eigenvalue weighted by atomic mass is 32.2. The Morgan fingerprint density at radius 1 is 0.721 bits per heavy atom. The zero-order valence-electron chi connectivity index (χ0n) is 34.6. The zero-order valence-corrected chi connectivity index (χ0v) is 37.0. The molecule has 61 heavy (non-hydrogen) atoms. The predicted octanol–water partition coefficient (Wildman–Crippen LogP) is 2.50. The topological polar surface area (TPSA) is 273 Å². The summed E-state index contributed by atoms with van der Waals surface area (Å²) < 4.78 is 63.4. The Morgan fingerprint density at radius 3 is 1.66 bits per heavy atom. The average molecular weight is 897 g/mol. The number of hydrogen-bond donors (Lipinski definition) is 2. The Kier molecular flexibility index (Phi) is 14.7. The number of aromatic nitrogens is 6. The van der Waals surface area contributed by atoms with E-state index in [0.717, 1.165) is 77.0 Å². The number of pyridine rings is 2. The number of hydrogen-bond acceptors (Lipinski definition) is 15. The molecular weight excluding hydrogens is 845 g/mol. The van der Waals surface area contributed by atoms with Gasteiger partial charge in [-0.2, -0.15) is 15.5 Å². The summed E-state index contributed by atoms with van der Waals surface area (Å²) >= 11 is 0. The molecule has 4 aliphatic rings. The molecule has 19 nitrogen and oxygen atoms in total. The van der Waals surface area contributed by atoms with Gasteiger partial charge in [-0.15, -0.1) is 0 Å². The van der Waals surface area contributed by atoms with Crippen molar-refractivity contribution < 1.29 is 21.0 Å². The number of nitrogens with two attached hydrogens (primary N) is 1. The van der Waals surface area contributed by atoms with E-state index in [1.807, 2.05) is 12.1 Å². The number of nitrogens with zero attached hydrogens (tertiary/aromatic N) is 10. The van der Waals surface area contributed by atoms with Gasteiger partial charge in [0.25, 0.3) is 11.1 Å². The summed E-state index contributed by atoms with van der Waals surface area (Å²) in [6, 6.07) is 6.99. The van der Waals surface area contributed by atoms with E-state index in [0.29, 0.717) is 54.2 Å². The van der Waals surface area contributed by atoms with E-state index < -0.39 is 30.8 Å². The number of piperidine rings is 2. The minimum atomic E-state index is -3.24. The lowest BCUT2D eigenvalue weighted by Crippen LogP contribution is -2.45. The molecule has 2 aliphatic heterocycles. The van der Waals surface area contributed by atoms with Gasteiger partial charge in [-0.3, -0.25) is 22.9 Å². The van der Waals surface area contributed by atoms with Gasteiger partial charge >= 0.3 is 0 Å². The Morgan fingerprint density at radius 2 is 1.20 bits per heavy atom. The molecule has 2 saturated carbocycles. The number of fused-ring (bicyclic) bond motifs is 2. The van der Waals surface area contributed by atoms with Crippen molar-refractivity contribution in [2.75, 3.05) is 50.3 Å². The highest BCUT2D eigenvalue weighted by molar-refractivity contribution is 7.88. The Bertz CT molecular complexity index is 2720. The van der Waals surface area contributed by atoms with Crippen LogP contribution in [0.3, 0.4) is 0 Å². The quantitative estimate of drug-likeness (QED) is 0.252. The summed E-state index contributed by atoms with van der Waals surface area (Å²) in [6.07, 6.45) is 18.3. The van der Waals surface area contributed by atoms with Gasteiger partial charge in [0.05, 0.1) is 23.3 Å². The van der Waals surface area contributed by atoms with Crippen LogP contribution in [-0.4, -0.2) is 116 Å². The van der Waals surface area contributed by atoms with Gasteiger partial charge in [0.1, 0.15) is 34.6 Å². The number of nitrogens with one attached hydrogen (secondary N) is 1. The summed E-state index contributed by atoms with van der Waals surface area (Å²) in [5, 5.41) is 23.2. The smallest absolute Gasteiger partial charge is 0.270 e. The average Bonchev–Trinajstić information content (AvgIpc) is 3.96. The fourth-order valence-electron chi connectivity index (χ4n) is 8.41. The molecule has 22 heteroatoms. The van der Waals surface area contributed by atoms with Crippen LogP contribution in [0.15, 0.2) is 39.3 Å². The van der Waals surface area contributed by atoms with Gasteiger partial charge in [0.15, 0.2) is 0 Å². The maximum atomic E-state index is 12.8. The molecule has 0 radical (unpaired) electrons. The lowest BCUT2D eigenvalue weighted by Gasteiger charge is -2.31. The number of nitriles is 2. The first-order valence-electron chi connectivity index (χ1n) is 20.4. The Labute approximate surface area is 357 Å². The van der Waals surface area contributed by atoms with E-state index in [4.69, 9.17) is 11.0 Å². The summed E-state index contributed by atoms with van der Waals surface area (Å²) in [5.74, 6) is 0.369. The first-order valence-corrected chi connectivity index (χ1v) is 25.6. The lowest BCUT2D eigenvalue weighted by atomic mass is 10.1. The van der Waals surface area contributed by atoms with Crippen LogP contribution in [0.25, 0.3) is 22.1 Å². The molecule has 8 rings (SSSR count). The summed E-state index contributed by atoms with van der Waals surface area (Å²) in [4.78, 5) is 42.6. The molecular formula is C39H52N12O7S3. The van der Waals surface area contributed by atoms with Crippen molar-refractivity contribution in [1.29, 1.82) is 10.5 Å². The molecule has 3 atom stereocenters. The van der Waals surface area contributed by atoms with Crippen molar-refractivity contribution >= 4 is 58.9 Å². The molecule has 3 N–H and O–H groups in total. The van der Waals surface area contributed by atoms with Gasteiger partial charge in [-0.05, 0) is 63.5 Å². The van der Waals surface area contributed by atoms with Gasteiger partial charge in [-0.1, -0.05) is 25.7 Å². The number of rotatable bonds is 7. The van der Waals surface area contributed by atoms with Crippen LogP contribution in [0.1, 0.15) is 100 Å². The van der Waals surface area contributed by atoms with Crippen molar-refractivity contribution in [3.8, 4) is 12.1 Å². The van der Waals surface area contributed by atoms with Crippen molar-refractivity contribution in [3.05, 3.63) is 56.4 Å². The van der Waals surface area contributed by atoms with Gasteiger partial charge < -0.3 is 11.1 Å². The van der Waals surface area contributed by atoms with Crippen molar-refractivity contribution in [3.63, 3.8) is 0 Å². The van der Waals surface area contributed by atoms with E-state index in [2.05, 4.69) is 25.3 Å². The summed E-state index contributed by atoms with van der Waals surface area (Å²) in [5.41, 5.74) is 6.19. The molecule has 2 saturated heterocycles. The molecule has 4 aromatic heterocycles. The molecule has 2 aliphatic carbocycles. The Balaban J connectivity index is 0.000000169. The van der Waals surface area contributed by atoms with Gasteiger partial charge in [-0.25, -0.2) is 40.4 Å². The predicted molar refractivity (Wildman–Crippen MR) is 231 cm³/mol. The third-order valence-electron chi connectivity index (χ3n) is 11.5. The van der Waals surface area contributed by atoms with Crippen molar-refractivity contribution in [2.45, 2.75) is 106 Å². The minimum absolute atomic E-state index is 0.0264. The molecule has 1 unspecified atom stereocenters. The largest absolute Gasteiger partial charge is 0.350 e. The van der Waals surface area contributed by atoms with Crippen molar-refractivity contribution in [1.82, 2.24) is 37.7 Å². The highest BCUT2D eigenvalue weighted by Crippen LogP contribution is 2.32. The maximum absolute atomic E-state index is 12.8. The van der Waals surface area contributed by atoms with Crippen LogP contribution < -0.4 is 22.2 Å². The fraction of sp³-hybridized carbons (Fsp3) is 0.590. The molecule has 0 aromatic carbocycles. The van der Waals surface area contributed by atoms with E-state index in [1.165, 1.54) is 39.6 Å². The van der Waals surface area contributed by atoms with Crippen molar-refractivity contribution in [2.24, 2.45) is 5.73 Å². The molecule has 0 spiro atoms. The lowest BCUT2D eigenvalue weighted by molar-refractivity contribution is 0.318. The zero-order chi connectivity index (χ0) is 44.1. The molecule has 328 valence electrons. The van der Waals surface area contributed by atoms with Crippen LogP contribution in [-0.2, 0) is 30.8 Å². The minimum Gasteiger partial charge on any atom is -0.350 e. The maximum Gasteiger partial charge on any atom is 0.270 e. The van der Waals surface area contributed by atoms with Gasteiger partial charge in [0.2, 0.25) is 31.2 Å². The highest BCUT2D eigenvalue weighted by Gasteiger charge is 2.28. The first kappa shape index (κ1) is 45.8. The van der Waals surface area contributed by atoms with E-state index in [1.54, 1.807) is 21.4 Å². The summed E-state index contributed by atoms with van der Waals surface area (Å²) in [6.45, 7) is 2.00. The third kappa shape index (κ3) is 11.0. The van der Waals surface area contributed by atoms with Crippen LogP contribution in [0.5, 0.6) is 0 Å². The molecule has 4 fully saturated rings. The standard InChI is InChI=1S/C19H24N6O3S.C14H14N4O2S.C6H14N2O2S/c1-29(27,28)24-8-4-5-15(12-24)22-19-21-11-14-9-13(10-20)18(26)25(17(14)23-19)16-6-2-3-7-16;1-21(20)14-16-8-10-6-9(7-15)13(19)18(12(10)17-14)11-4-2-3-5-11;1-11(9,10)8-4-2-3-6(7)5-8/h9,11,15-16H,2-8,12H2,1H3,(H,21,22,23);6,8,11H,2-5H2,1H3;6H,2-5,7H2,1H3/t15-;;6-/m1.1/s1. The van der Waals surface area contributed by atoms with Crippen LogP contribution in [0.2, 0.25) is 0 Å². The second-order valence-corrected chi connectivity index (χ2v) is 21.3. The summed E-state index contributed by atoms with van der Waals surface area (Å²) in [7, 11) is -7.56. The van der Waals surface area contributed by atoms with Crippen LogP contribution in [0.4, 0.5) is 5.95 Å². The Hall–Kier alpha value is -4.71. The molecule has 0 amide bonds. The van der Waals surface area contributed by atoms with Crippen LogP contribution in [0, 0.1) is 22.7 Å². The van der Waals surface area contributed by atoms with E-state index in [9.17, 15) is 35.9 Å². The molecule has 6 heterocycles. The fourth-order valence-corrected chi connectivity index (χ4v) is 10.7. The number of anilines is 1. The van der Waals surface area contributed by atoms with Crippen LogP contribution >= 0.6 is 0 Å². The SMILES string of the molecule is CS(=O)(=O)N1CCC[C@@H](N)C1.CS(=O)(=O)N1CCC[C@@H](Nc2ncc3cc(C#N)c(=O)n(C4CCCC4)c3n2)C1.CS(=O)c1ncc2cc(C#N)c(=O)n(C3CCCC3)c2n1.